The molecule has 1 aromatic heterocycles. The SMILES string of the molecule is Cc1nn(C)c(C)c1C(NC(=O)C1CCCC(C(=O)O)C1)C(F)(F)F. The smallest absolute Gasteiger partial charge is 0.413 e. The topological polar surface area (TPSA) is 84.2 Å². The maximum atomic E-state index is 13.6. The molecule has 9 heteroatoms. The van der Waals surface area contributed by atoms with Gasteiger partial charge in [0.15, 0.2) is 6.04 Å². The van der Waals surface area contributed by atoms with Gasteiger partial charge in [-0.25, -0.2) is 0 Å². The second-order valence-electron chi connectivity index (χ2n) is 6.59. The van der Waals surface area contributed by atoms with Crippen LogP contribution >= 0.6 is 0 Å². The Bertz CT molecular complexity index is 670. The van der Waals surface area contributed by atoms with Gasteiger partial charge < -0.3 is 10.4 Å². The van der Waals surface area contributed by atoms with E-state index >= 15 is 0 Å². The highest BCUT2D eigenvalue weighted by molar-refractivity contribution is 5.80. The average Bonchev–Trinajstić information content (AvgIpc) is 2.76. The number of amides is 1. The van der Waals surface area contributed by atoms with E-state index < -0.39 is 35.9 Å². The molecule has 6 nitrogen and oxygen atoms in total. The van der Waals surface area contributed by atoms with Crippen LogP contribution in [0, 0.1) is 25.7 Å². The van der Waals surface area contributed by atoms with Gasteiger partial charge in [-0.15, -0.1) is 0 Å². The minimum absolute atomic E-state index is 0.0612. The number of carbonyl (C=O) groups is 2. The number of aromatic nitrogens is 2. The summed E-state index contributed by atoms with van der Waals surface area (Å²) in [6, 6.07) is -2.15. The molecule has 0 bridgehead atoms. The minimum atomic E-state index is -4.67. The zero-order valence-corrected chi connectivity index (χ0v) is 14.4. The van der Waals surface area contributed by atoms with Gasteiger partial charge in [0.1, 0.15) is 0 Å². The van der Waals surface area contributed by atoms with Crippen LogP contribution in [-0.2, 0) is 16.6 Å². The number of aryl methyl sites for hydroxylation is 2. The summed E-state index contributed by atoms with van der Waals surface area (Å²) >= 11 is 0. The lowest BCUT2D eigenvalue weighted by Gasteiger charge is -2.29. The summed E-state index contributed by atoms with van der Waals surface area (Å²) in [4.78, 5) is 23.5. The summed E-state index contributed by atoms with van der Waals surface area (Å²) in [5.74, 6) is -3.17. The van der Waals surface area contributed by atoms with Crippen LogP contribution in [0.1, 0.15) is 48.7 Å². The molecule has 1 heterocycles. The van der Waals surface area contributed by atoms with Crippen LogP contribution in [0.4, 0.5) is 13.2 Å². The summed E-state index contributed by atoms with van der Waals surface area (Å²) in [5, 5.41) is 15.2. The fourth-order valence-electron chi connectivity index (χ4n) is 3.44. The molecular formula is C16H22F3N3O3. The van der Waals surface area contributed by atoms with Crippen LogP contribution in [-0.4, -0.2) is 32.9 Å². The van der Waals surface area contributed by atoms with Gasteiger partial charge in [0.05, 0.1) is 11.6 Å². The normalized spacial score (nSPS) is 22.5. The van der Waals surface area contributed by atoms with Gasteiger partial charge in [-0.3, -0.25) is 14.3 Å². The van der Waals surface area contributed by atoms with Gasteiger partial charge >= 0.3 is 12.1 Å². The van der Waals surface area contributed by atoms with Gasteiger partial charge in [-0.2, -0.15) is 18.3 Å². The third kappa shape index (κ3) is 4.13. The molecule has 3 atom stereocenters. The largest absolute Gasteiger partial charge is 0.481 e. The predicted molar refractivity (Wildman–Crippen MR) is 82.7 cm³/mol. The lowest BCUT2D eigenvalue weighted by Crippen LogP contribution is -2.43. The summed E-state index contributed by atoms with van der Waals surface area (Å²) in [6.45, 7) is 2.98. The summed E-state index contributed by atoms with van der Waals surface area (Å²) < 4.78 is 42.0. The molecule has 2 rings (SSSR count). The second kappa shape index (κ2) is 7.05. The van der Waals surface area contributed by atoms with E-state index in [2.05, 4.69) is 10.4 Å². The lowest BCUT2D eigenvalue weighted by atomic mass is 9.81. The van der Waals surface area contributed by atoms with Crippen LogP contribution in [0.5, 0.6) is 0 Å². The zero-order chi connectivity index (χ0) is 18.9. The van der Waals surface area contributed by atoms with Crippen molar-refractivity contribution in [2.45, 2.75) is 51.7 Å². The highest BCUT2D eigenvalue weighted by Crippen LogP contribution is 2.37. The highest BCUT2D eigenvalue weighted by atomic mass is 19.4. The predicted octanol–water partition coefficient (Wildman–Crippen LogP) is 2.65. The zero-order valence-electron chi connectivity index (χ0n) is 14.4. The Hall–Kier alpha value is -2.06. The van der Waals surface area contributed by atoms with Crippen molar-refractivity contribution < 1.29 is 27.9 Å². The summed E-state index contributed by atoms with van der Waals surface area (Å²) in [5.41, 5.74) is 0.468. The molecule has 0 radical (unpaired) electrons. The standard InChI is InChI=1S/C16H22F3N3O3/c1-8-12(9(2)22(3)21-8)13(16(17,18)19)20-14(23)10-5-4-6-11(7-10)15(24)25/h10-11,13H,4-7H2,1-3H3,(H,20,23)(H,24,25). The molecule has 0 spiro atoms. The molecule has 140 valence electrons. The van der Waals surface area contributed by atoms with Gasteiger partial charge in [0.25, 0.3) is 0 Å². The fourth-order valence-corrected chi connectivity index (χ4v) is 3.44. The van der Waals surface area contributed by atoms with Crippen molar-refractivity contribution in [3.63, 3.8) is 0 Å². The van der Waals surface area contributed by atoms with Crippen molar-refractivity contribution >= 4 is 11.9 Å². The summed E-state index contributed by atoms with van der Waals surface area (Å²) in [6.07, 6.45) is -3.25. The van der Waals surface area contributed by atoms with Crippen LogP contribution in [0.3, 0.4) is 0 Å². The van der Waals surface area contributed by atoms with Gasteiger partial charge in [0.2, 0.25) is 5.91 Å². The van der Waals surface area contributed by atoms with Crippen LogP contribution in [0.25, 0.3) is 0 Å². The molecule has 1 aliphatic carbocycles. The van der Waals surface area contributed by atoms with Crippen molar-refractivity contribution in [2.24, 2.45) is 18.9 Å². The molecule has 25 heavy (non-hydrogen) atoms. The van der Waals surface area contributed by atoms with E-state index in [9.17, 15) is 22.8 Å². The average molecular weight is 361 g/mol. The van der Waals surface area contributed by atoms with E-state index in [1.165, 1.54) is 18.5 Å². The molecular weight excluding hydrogens is 339 g/mol. The monoisotopic (exact) mass is 361 g/mol. The number of hydrogen-bond donors (Lipinski definition) is 2. The van der Waals surface area contributed by atoms with E-state index in [0.717, 1.165) is 0 Å². The number of halogens is 3. The number of nitrogens with one attached hydrogen (secondary N) is 1. The quantitative estimate of drug-likeness (QED) is 0.864. The first-order valence-electron chi connectivity index (χ1n) is 8.12. The molecule has 3 unspecified atom stereocenters. The molecule has 0 saturated heterocycles. The Morgan fingerprint density at radius 2 is 1.88 bits per heavy atom. The van der Waals surface area contributed by atoms with Crippen molar-refractivity contribution in [3.8, 4) is 0 Å². The van der Waals surface area contributed by atoms with Crippen molar-refractivity contribution in [1.29, 1.82) is 0 Å². The van der Waals surface area contributed by atoms with Gasteiger partial charge in [-0.05, 0) is 33.1 Å². The van der Waals surface area contributed by atoms with Crippen molar-refractivity contribution in [1.82, 2.24) is 15.1 Å². The second-order valence-corrected chi connectivity index (χ2v) is 6.59. The van der Waals surface area contributed by atoms with Crippen LogP contribution < -0.4 is 5.32 Å². The molecule has 0 aliphatic heterocycles. The number of carboxylic acid groups (broad SMARTS) is 1. The Morgan fingerprint density at radius 1 is 1.28 bits per heavy atom. The lowest BCUT2D eigenvalue weighted by molar-refractivity contribution is -0.165. The first kappa shape index (κ1) is 19.3. The number of nitrogens with zero attached hydrogens (tertiary/aromatic N) is 2. The number of hydrogen-bond acceptors (Lipinski definition) is 3. The van der Waals surface area contributed by atoms with Crippen molar-refractivity contribution in [2.75, 3.05) is 0 Å². The Labute approximate surface area is 143 Å². The first-order chi connectivity index (χ1) is 11.5. The number of rotatable bonds is 4. The Morgan fingerprint density at radius 3 is 2.36 bits per heavy atom. The Balaban J connectivity index is 2.23. The van der Waals surface area contributed by atoms with E-state index in [1.54, 1.807) is 7.05 Å². The highest BCUT2D eigenvalue weighted by Gasteiger charge is 2.45. The van der Waals surface area contributed by atoms with Gasteiger partial charge in [-0.1, -0.05) is 6.42 Å². The number of aliphatic carboxylic acids is 1. The Kier molecular flexibility index (Phi) is 5.43. The van der Waals surface area contributed by atoms with E-state index in [-0.39, 0.29) is 17.7 Å². The molecule has 1 fully saturated rings. The van der Waals surface area contributed by atoms with Gasteiger partial charge in [0, 0.05) is 24.2 Å². The maximum Gasteiger partial charge on any atom is 0.413 e. The van der Waals surface area contributed by atoms with Crippen LogP contribution in [0.15, 0.2) is 0 Å². The first-order valence-corrected chi connectivity index (χ1v) is 8.12. The summed E-state index contributed by atoms with van der Waals surface area (Å²) in [7, 11) is 1.54. The molecule has 0 aromatic carbocycles. The minimum Gasteiger partial charge on any atom is -0.481 e. The molecule has 1 amide bonds. The maximum absolute atomic E-state index is 13.6. The number of carbonyl (C=O) groups excluding carboxylic acids is 1. The van der Waals surface area contributed by atoms with Crippen molar-refractivity contribution in [3.05, 3.63) is 17.0 Å². The number of carboxylic acids is 1. The fraction of sp³-hybridized carbons (Fsp3) is 0.688. The third-order valence-corrected chi connectivity index (χ3v) is 4.86. The molecule has 1 saturated carbocycles. The molecule has 2 N–H and O–H groups in total. The van der Waals surface area contributed by atoms with Crippen LogP contribution in [0.2, 0.25) is 0 Å². The van der Waals surface area contributed by atoms with E-state index in [1.807, 2.05) is 0 Å². The number of alkyl halides is 3. The third-order valence-electron chi connectivity index (χ3n) is 4.86. The van der Waals surface area contributed by atoms with E-state index in [4.69, 9.17) is 5.11 Å². The van der Waals surface area contributed by atoms with E-state index in [0.29, 0.717) is 25.0 Å². The molecule has 1 aliphatic rings. The molecule has 1 aromatic rings.